The number of ether oxygens (including phenoxy) is 2. The monoisotopic (exact) mass is 989 g/mol. The first kappa shape index (κ1) is 47.0. The summed E-state index contributed by atoms with van der Waals surface area (Å²) in [7, 11) is -3.85. The molecule has 0 atom stereocenters. The van der Waals surface area contributed by atoms with Gasteiger partial charge in [0.25, 0.3) is 11.8 Å². The molecule has 5 aromatic rings. The van der Waals surface area contributed by atoms with Gasteiger partial charge >= 0.3 is 0 Å². The van der Waals surface area contributed by atoms with Gasteiger partial charge in [-0.2, -0.15) is 10.2 Å². The van der Waals surface area contributed by atoms with Crippen LogP contribution < -0.4 is 36.0 Å². The van der Waals surface area contributed by atoms with Gasteiger partial charge < -0.3 is 36.1 Å². The minimum Gasteiger partial charge on any atom is -0.489 e. The van der Waals surface area contributed by atoms with Gasteiger partial charge in [0.2, 0.25) is 21.9 Å². The Balaban J connectivity index is 0.835. The van der Waals surface area contributed by atoms with Crippen LogP contribution in [0.15, 0.2) is 88.6 Å². The number of benzene rings is 3. The Morgan fingerprint density at radius 2 is 1.69 bits per heavy atom. The number of carbonyl (C=O) groups is 2. The second-order valence-corrected chi connectivity index (χ2v) is 19.7. The predicted molar refractivity (Wildman–Crippen MR) is 245 cm³/mol. The zero-order valence-electron chi connectivity index (χ0n) is 35.7. The number of rotatable bonds is 16. The SMILES string of the molecule is CC1(C)[C@H](NC(=O)c2cnc(N3CCC(OCCNS(=O)(=O)c4ccc(Nc5ncc(Br)c(Nc6cccc(F)c6C(N)=O)n5)cc4)CC3)nc2)C(C)(C)[C@H]1Oc1ccc(C#N)c(Cl)c1. The number of carbonyl (C=O) groups excluding carboxylic acids is 2. The molecule has 21 heteroatoms. The molecule has 0 bridgehead atoms. The van der Waals surface area contributed by atoms with E-state index in [0.29, 0.717) is 63.9 Å². The van der Waals surface area contributed by atoms with Crippen molar-refractivity contribution in [2.24, 2.45) is 16.6 Å². The van der Waals surface area contributed by atoms with Crippen molar-refractivity contribution < 1.29 is 31.9 Å². The van der Waals surface area contributed by atoms with Crippen LogP contribution in [0.2, 0.25) is 5.02 Å². The molecule has 1 aliphatic heterocycles. The van der Waals surface area contributed by atoms with E-state index >= 15 is 0 Å². The van der Waals surface area contributed by atoms with Crippen molar-refractivity contribution in [2.45, 2.75) is 63.7 Å². The molecule has 17 nitrogen and oxygen atoms in total. The Morgan fingerprint density at radius 1 is 1.00 bits per heavy atom. The van der Waals surface area contributed by atoms with Crippen molar-refractivity contribution in [3.05, 3.63) is 111 Å². The first-order valence-corrected chi connectivity index (χ1v) is 23.1. The molecule has 2 amide bonds. The first-order valence-electron chi connectivity index (χ1n) is 20.5. The van der Waals surface area contributed by atoms with Gasteiger partial charge in [-0.1, -0.05) is 45.4 Å². The maximum atomic E-state index is 14.3. The predicted octanol–water partition coefficient (Wildman–Crippen LogP) is 6.86. The zero-order chi connectivity index (χ0) is 46.7. The summed E-state index contributed by atoms with van der Waals surface area (Å²) in [6.07, 6.45) is 5.52. The maximum Gasteiger partial charge on any atom is 0.254 e. The van der Waals surface area contributed by atoms with E-state index in [9.17, 15) is 27.7 Å². The number of piperidine rings is 1. The fourth-order valence-corrected chi connectivity index (χ4v) is 10.0. The summed E-state index contributed by atoms with van der Waals surface area (Å²) < 4.78 is 55.7. The molecule has 0 spiro atoms. The number of nitrogens with zero attached hydrogens (tertiary/aromatic N) is 6. The van der Waals surface area contributed by atoms with E-state index in [2.05, 4.69) is 56.5 Å². The van der Waals surface area contributed by atoms with Gasteiger partial charge in [0, 0.05) is 66.9 Å². The molecule has 7 rings (SSSR count). The number of hydrogen-bond donors (Lipinski definition) is 5. The summed E-state index contributed by atoms with van der Waals surface area (Å²) in [4.78, 5) is 44.9. The molecule has 2 aromatic heterocycles. The van der Waals surface area contributed by atoms with Crippen LogP contribution in [-0.2, 0) is 14.8 Å². The molecule has 3 aromatic carbocycles. The standard InChI is InChI=1S/C44H46BrClFN11O6S/c1-43(2)39(44(3,4)40(43)64-29-11-8-25(21-48)32(46)20-29)57-38(60)26-22-51-42(52-23-26)58-17-14-28(15-18-58)63-19-16-53-65(61,62)30-12-9-27(10-13-30)54-41-50-24-31(45)37(56-41)55-34-7-5-6-33(47)35(34)36(49)59/h5-13,20,22-24,28,39-40,53H,14-19H2,1-4H3,(H2,49,59)(H,57,60)(H2,50,54,55,56)/t39-,40-. The van der Waals surface area contributed by atoms with E-state index in [1.165, 1.54) is 42.9 Å². The molecule has 2 fully saturated rings. The third-order valence-electron chi connectivity index (χ3n) is 11.5. The van der Waals surface area contributed by atoms with E-state index in [-0.39, 0.29) is 65.2 Å². The van der Waals surface area contributed by atoms with Crippen LogP contribution >= 0.6 is 27.5 Å². The number of halogens is 3. The van der Waals surface area contributed by atoms with Crippen molar-refractivity contribution in [2.75, 3.05) is 41.8 Å². The highest BCUT2D eigenvalue weighted by Gasteiger charge is 2.64. The van der Waals surface area contributed by atoms with Gasteiger partial charge in [-0.05, 0) is 77.3 Å². The van der Waals surface area contributed by atoms with Crippen LogP contribution in [0.1, 0.15) is 66.8 Å². The second kappa shape index (κ2) is 19.2. The van der Waals surface area contributed by atoms with Crippen molar-refractivity contribution >= 4 is 78.5 Å². The summed E-state index contributed by atoms with van der Waals surface area (Å²) >= 11 is 9.57. The molecular formula is C44H46BrClFN11O6S. The smallest absolute Gasteiger partial charge is 0.254 e. The Morgan fingerprint density at radius 3 is 2.34 bits per heavy atom. The third kappa shape index (κ3) is 10.4. The maximum absolute atomic E-state index is 14.3. The van der Waals surface area contributed by atoms with Crippen molar-refractivity contribution in [3.8, 4) is 11.8 Å². The average molecular weight is 991 g/mol. The van der Waals surface area contributed by atoms with Crippen LogP contribution in [0, 0.1) is 28.0 Å². The van der Waals surface area contributed by atoms with Crippen molar-refractivity contribution in [3.63, 3.8) is 0 Å². The van der Waals surface area contributed by atoms with Crippen LogP contribution in [-0.4, -0.2) is 84.7 Å². The van der Waals surface area contributed by atoms with Gasteiger partial charge in [0.15, 0.2) is 0 Å². The number of hydrogen-bond acceptors (Lipinski definition) is 14. The lowest BCUT2D eigenvalue weighted by molar-refractivity contribution is -0.164. The number of anilines is 5. The molecule has 1 saturated heterocycles. The molecule has 3 heterocycles. The van der Waals surface area contributed by atoms with E-state index in [1.54, 1.807) is 30.3 Å². The Bertz CT molecular complexity index is 2720. The Kier molecular flexibility index (Phi) is 13.9. The summed E-state index contributed by atoms with van der Waals surface area (Å²) in [5.74, 6) is -0.593. The molecule has 340 valence electrons. The van der Waals surface area contributed by atoms with Gasteiger partial charge in [0.05, 0.1) is 49.5 Å². The zero-order valence-corrected chi connectivity index (χ0v) is 38.9. The summed E-state index contributed by atoms with van der Waals surface area (Å²) in [5.41, 5.74) is 5.51. The Hall–Kier alpha value is -5.98. The Labute approximate surface area is 388 Å². The summed E-state index contributed by atoms with van der Waals surface area (Å²) in [5, 5.41) is 18.6. The fraction of sp³-hybridized carbons (Fsp3) is 0.341. The molecule has 1 aliphatic carbocycles. The number of sulfonamides is 1. The molecular weight excluding hydrogens is 945 g/mol. The van der Waals surface area contributed by atoms with Crippen molar-refractivity contribution in [1.82, 2.24) is 30.0 Å². The van der Waals surface area contributed by atoms with E-state index < -0.39 is 32.6 Å². The van der Waals surface area contributed by atoms with Gasteiger partial charge in [-0.25, -0.2) is 32.5 Å². The number of amides is 2. The highest BCUT2D eigenvalue weighted by atomic mass is 79.9. The third-order valence-corrected chi connectivity index (χ3v) is 13.9. The molecule has 1 saturated carbocycles. The van der Waals surface area contributed by atoms with Gasteiger partial charge in [0.1, 0.15) is 29.6 Å². The van der Waals surface area contributed by atoms with Crippen LogP contribution in [0.3, 0.4) is 0 Å². The lowest BCUT2D eigenvalue weighted by Gasteiger charge is -2.63. The van der Waals surface area contributed by atoms with Gasteiger partial charge in [-0.15, -0.1) is 0 Å². The number of primary amides is 1. The van der Waals surface area contributed by atoms with E-state index in [1.807, 2.05) is 38.7 Å². The minimum absolute atomic E-state index is 0.0465. The highest BCUT2D eigenvalue weighted by molar-refractivity contribution is 9.10. The van der Waals surface area contributed by atoms with Crippen LogP contribution in [0.25, 0.3) is 0 Å². The first-order chi connectivity index (χ1) is 30.9. The molecule has 0 radical (unpaired) electrons. The molecule has 65 heavy (non-hydrogen) atoms. The quantitative estimate of drug-likeness (QED) is 0.0636. The average Bonchev–Trinajstić information content (AvgIpc) is 3.27. The van der Waals surface area contributed by atoms with E-state index in [0.717, 1.165) is 6.07 Å². The van der Waals surface area contributed by atoms with Crippen LogP contribution in [0.5, 0.6) is 5.75 Å². The number of nitriles is 1. The summed E-state index contributed by atoms with van der Waals surface area (Å²) in [6, 6.07) is 16.8. The largest absolute Gasteiger partial charge is 0.489 e. The fourth-order valence-electron chi connectivity index (χ4n) is 8.49. The van der Waals surface area contributed by atoms with E-state index in [4.69, 9.17) is 26.8 Å². The second-order valence-electron chi connectivity index (χ2n) is 16.7. The summed E-state index contributed by atoms with van der Waals surface area (Å²) in [6.45, 7) is 9.61. The van der Waals surface area contributed by atoms with Crippen LogP contribution in [0.4, 0.5) is 33.5 Å². The number of nitrogens with one attached hydrogen (secondary N) is 4. The minimum atomic E-state index is -3.85. The lowest BCUT2D eigenvalue weighted by atomic mass is 9.49. The number of aromatic nitrogens is 4. The normalized spacial score (nSPS) is 17.9. The van der Waals surface area contributed by atoms with Gasteiger partial charge in [-0.3, -0.25) is 9.59 Å². The lowest BCUT2D eigenvalue weighted by Crippen LogP contribution is -2.74. The topological polar surface area (TPSA) is 239 Å². The number of nitrogens with two attached hydrogens (primary N) is 1. The molecule has 0 unspecified atom stereocenters. The van der Waals surface area contributed by atoms with Crippen molar-refractivity contribution in [1.29, 1.82) is 5.26 Å². The molecule has 2 aliphatic rings. The molecule has 6 N–H and O–H groups in total. The highest BCUT2D eigenvalue weighted by Crippen LogP contribution is 2.55.